The smallest absolute Gasteiger partial charge is 0.338 e. The molecule has 4 nitrogen and oxygen atoms in total. The summed E-state index contributed by atoms with van der Waals surface area (Å²) in [5, 5.41) is 0. The Morgan fingerprint density at radius 3 is 1.59 bits per heavy atom. The van der Waals surface area contributed by atoms with E-state index in [4.69, 9.17) is 9.47 Å². The van der Waals surface area contributed by atoms with Gasteiger partial charge in [0.1, 0.15) is 12.2 Å². The van der Waals surface area contributed by atoms with Crippen LogP contribution in [0.25, 0.3) is 0 Å². The molecule has 2 saturated carbocycles. The zero-order valence-corrected chi connectivity index (χ0v) is 17.1. The minimum Gasteiger partial charge on any atom is -0.459 e. The summed E-state index contributed by atoms with van der Waals surface area (Å²) < 4.78 is 11.5. The maximum atomic E-state index is 12.4. The number of ether oxygens (including phenoxy) is 2. The highest BCUT2D eigenvalue weighted by molar-refractivity contribution is 5.90. The van der Waals surface area contributed by atoms with Crippen LogP contribution in [0.2, 0.25) is 0 Å². The van der Waals surface area contributed by atoms with Gasteiger partial charge in [-0.25, -0.2) is 9.59 Å². The number of fused-ring (bicyclic) bond motifs is 1. The van der Waals surface area contributed by atoms with Crippen LogP contribution in [-0.4, -0.2) is 24.1 Å². The second kappa shape index (κ2) is 8.40. The fraction of sp³-hybridized carbons (Fsp3) is 0.440. The summed E-state index contributed by atoms with van der Waals surface area (Å²) in [7, 11) is 0. The van der Waals surface area contributed by atoms with E-state index in [-0.39, 0.29) is 24.1 Å². The first-order valence-corrected chi connectivity index (χ1v) is 10.6. The number of esters is 2. The molecule has 0 aliphatic heterocycles. The lowest BCUT2D eigenvalue weighted by molar-refractivity contribution is 0.0226. The van der Waals surface area contributed by atoms with Crippen LogP contribution >= 0.6 is 0 Å². The molecule has 2 aliphatic rings. The van der Waals surface area contributed by atoms with Crippen molar-refractivity contribution in [3.63, 3.8) is 0 Å². The van der Waals surface area contributed by atoms with Crippen molar-refractivity contribution >= 4 is 11.9 Å². The Kier molecular flexibility index (Phi) is 5.70. The third-order valence-corrected chi connectivity index (χ3v) is 6.36. The molecule has 152 valence electrons. The maximum Gasteiger partial charge on any atom is 0.338 e. The molecular formula is C25H28O4. The number of carbonyl (C=O) groups excluding carboxylic acids is 2. The molecule has 2 aliphatic carbocycles. The fourth-order valence-corrected chi connectivity index (χ4v) is 4.70. The van der Waals surface area contributed by atoms with E-state index in [1.54, 1.807) is 0 Å². The van der Waals surface area contributed by atoms with Crippen molar-refractivity contribution in [2.24, 2.45) is 11.8 Å². The lowest BCUT2D eigenvalue weighted by atomic mass is 10.0. The SMILES string of the molecule is CCc1ccc(C(=O)OC2CC3CC(OC(=O)c4ccc(C)cc4)CC3C2)cc1. The van der Waals surface area contributed by atoms with E-state index in [2.05, 4.69) is 6.92 Å². The van der Waals surface area contributed by atoms with Crippen molar-refractivity contribution < 1.29 is 19.1 Å². The van der Waals surface area contributed by atoms with Gasteiger partial charge in [0.15, 0.2) is 0 Å². The van der Waals surface area contributed by atoms with Gasteiger partial charge in [-0.05, 0) is 80.7 Å². The van der Waals surface area contributed by atoms with E-state index in [0.29, 0.717) is 23.0 Å². The van der Waals surface area contributed by atoms with Gasteiger partial charge in [-0.3, -0.25) is 0 Å². The largest absolute Gasteiger partial charge is 0.459 e. The van der Waals surface area contributed by atoms with Crippen molar-refractivity contribution in [1.82, 2.24) is 0 Å². The maximum absolute atomic E-state index is 12.4. The molecule has 2 aromatic carbocycles. The van der Waals surface area contributed by atoms with Crippen molar-refractivity contribution in [3.8, 4) is 0 Å². The Bertz CT molecular complexity index is 855. The number of carbonyl (C=O) groups is 2. The average Bonchev–Trinajstić information content (AvgIpc) is 3.26. The molecular weight excluding hydrogens is 364 g/mol. The number of benzene rings is 2. The number of rotatable bonds is 5. The van der Waals surface area contributed by atoms with Crippen LogP contribution in [0.1, 0.15) is 64.4 Å². The Morgan fingerprint density at radius 2 is 1.17 bits per heavy atom. The van der Waals surface area contributed by atoms with Gasteiger partial charge in [0.25, 0.3) is 0 Å². The summed E-state index contributed by atoms with van der Waals surface area (Å²) >= 11 is 0. The average molecular weight is 392 g/mol. The van der Waals surface area contributed by atoms with Crippen LogP contribution in [0.5, 0.6) is 0 Å². The van der Waals surface area contributed by atoms with Crippen molar-refractivity contribution in [1.29, 1.82) is 0 Å². The Morgan fingerprint density at radius 1 is 0.759 bits per heavy atom. The van der Waals surface area contributed by atoms with Crippen molar-refractivity contribution in [2.75, 3.05) is 0 Å². The van der Waals surface area contributed by atoms with E-state index >= 15 is 0 Å². The Balaban J connectivity index is 1.26. The molecule has 2 fully saturated rings. The fourth-order valence-electron chi connectivity index (χ4n) is 4.70. The highest BCUT2D eigenvalue weighted by Gasteiger charge is 2.44. The summed E-state index contributed by atoms with van der Waals surface area (Å²) in [6.07, 6.45) is 4.35. The monoisotopic (exact) mass is 392 g/mol. The van der Waals surface area contributed by atoms with Gasteiger partial charge >= 0.3 is 11.9 Å². The molecule has 0 amide bonds. The summed E-state index contributed by atoms with van der Waals surface area (Å²) in [5.74, 6) is 0.450. The first kappa shape index (κ1) is 19.7. The van der Waals surface area contributed by atoms with Crippen LogP contribution in [0.4, 0.5) is 0 Å². The standard InChI is InChI=1S/C25H28O4/c1-3-17-6-10-19(11-7-17)25(27)29-23-14-20-12-22(13-21(20)15-23)28-24(26)18-8-4-16(2)5-9-18/h4-11,20-23H,3,12-15H2,1-2H3. The molecule has 0 radical (unpaired) electrons. The van der Waals surface area contributed by atoms with Crippen LogP contribution in [-0.2, 0) is 15.9 Å². The van der Waals surface area contributed by atoms with Gasteiger partial charge in [-0.2, -0.15) is 0 Å². The molecule has 2 aromatic rings. The summed E-state index contributed by atoms with van der Waals surface area (Å²) in [6.45, 7) is 4.09. The molecule has 0 N–H and O–H groups in total. The number of hydrogen-bond acceptors (Lipinski definition) is 4. The molecule has 4 rings (SSSR count). The van der Waals surface area contributed by atoms with E-state index in [0.717, 1.165) is 37.7 Å². The number of aryl methyl sites for hydroxylation is 2. The minimum absolute atomic E-state index is 0.0305. The van der Waals surface area contributed by atoms with Gasteiger partial charge in [-0.1, -0.05) is 36.8 Å². The summed E-state index contributed by atoms with van der Waals surface area (Å²) in [5.41, 5.74) is 3.56. The third kappa shape index (κ3) is 4.52. The molecule has 0 bridgehead atoms. The lowest BCUT2D eigenvalue weighted by Crippen LogP contribution is -2.19. The molecule has 2 unspecified atom stereocenters. The molecule has 0 saturated heterocycles. The summed E-state index contributed by atoms with van der Waals surface area (Å²) in [6, 6.07) is 15.1. The molecule has 29 heavy (non-hydrogen) atoms. The highest BCUT2D eigenvalue weighted by Crippen LogP contribution is 2.46. The van der Waals surface area contributed by atoms with E-state index in [1.165, 1.54) is 5.56 Å². The topological polar surface area (TPSA) is 52.6 Å². The van der Waals surface area contributed by atoms with Crippen LogP contribution in [0.15, 0.2) is 48.5 Å². The first-order chi connectivity index (χ1) is 14.0. The van der Waals surface area contributed by atoms with Crippen molar-refractivity contribution in [2.45, 2.75) is 58.2 Å². The molecule has 0 heterocycles. The van der Waals surface area contributed by atoms with Crippen LogP contribution in [0, 0.1) is 18.8 Å². The zero-order chi connectivity index (χ0) is 20.4. The van der Waals surface area contributed by atoms with Gasteiger partial charge in [-0.15, -0.1) is 0 Å². The molecule has 2 atom stereocenters. The Hall–Kier alpha value is -2.62. The Labute approximate surface area is 172 Å². The van der Waals surface area contributed by atoms with E-state index in [9.17, 15) is 9.59 Å². The first-order valence-electron chi connectivity index (χ1n) is 10.6. The molecule has 4 heteroatoms. The van der Waals surface area contributed by atoms with E-state index < -0.39 is 0 Å². The van der Waals surface area contributed by atoms with Crippen LogP contribution < -0.4 is 0 Å². The predicted molar refractivity (Wildman–Crippen MR) is 111 cm³/mol. The third-order valence-electron chi connectivity index (χ3n) is 6.36. The molecule has 0 aromatic heterocycles. The van der Waals surface area contributed by atoms with Crippen molar-refractivity contribution in [3.05, 3.63) is 70.8 Å². The molecule has 0 spiro atoms. The number of hydrogen-bond donors (Lipinski definition) is 0. The highest BCUT2D eigenvalue weighted by atomic mass is 16.5. The quantitative estimate of drug-likeness (QED) is 0.662. The van der Waals surface area contributed by atoms with Gasteiger partial charge in [0.05, 0.1) is 11.1 Å². The second-order valence-corrected chi connectivity index (χ2v) is 8.43. The second-order valence-electron chi connectivity index (χ2n) is 8.43. The lowest BCUT2D eigenvalue weighted by Gasteiger charge is -2.17. The van der Waals surface area contributed by atoms with Gasteiger partial charge in [0, 0.05) is 0 Å². The normalized spacial score (nSPS) is 25.4. The summed E-state index contributed by atoms with van der Waals surface area (Å²) in [4.78, 5) is 24.8. The van der Waals surface area contributed by atoms with Gasteiger partial charge < -0.3 is 9.47 Å². The predicted octanol–water partition coefficient (Wildman–Crippen LogP) is 5.13. The minimum atomic E-state index is -0.242. The van der Waals surface area contributed by atoms with Crippen LogP contribution in [0.3, 0.4) is 0 Å². The van der Waals surface area contributed by atoms with E-state index in [1.807, 2.05) is 55.5 Å². The van der Waals surface area contributed by atoms with Gasteiger partial charge in [0.2, 0.25) is 0 Å². The zero-order valence-electron chi connectivity index (χ0n) is 17.1.